The molecule has 1 heterocycles. The summed E-state index contributed by atoms with van der Waals surface area (Å²) in [5, 5.41) is 3.37. The molecule has 2 N–H and O–H groups in total. The lowest BCUT2D eigenvalue weighted by Gasteiger charge is -2.32. The van der Waals surface area contributed by atoms with E-state index in [-0.39, 0.29) is 29.8 Å². The van der Waals surface area contributed by atoms with Gasteiger partial charge in [-0.2, -0.15) is 0 Å². The van der Waals surface area contributed by atoms with Gasteiger partial charge in [0.05, 0.1) is 4.90 Å². The molecule has 0 aromatic heterocycles. The van der Waals surface area contributed by atoms with Crippen molar-refractivity contribution in [1.82, 2.24) is 14.9 Å². The number of halogens is 1. The number of nitrogens with one attached hydrogen (secondary N) is 2. The maximum Gasteiger partial charge on any atom is 0.240 e. The van der Waals surface area contributed by atoms with Crippen LogP contribution >= 0.6 is 11.6 Å². The Labute approximate surface area is 154 Å². The lowest BCUT2D eigenvalue weighted by Crippen LogP contribution is -2.45. The van der Waals surface area contributed by atoms with E-state index in [1.807, 2.05) is 0 Å². The third kappa shape index (κ3) is 5.41. The average Bonchev–Trinajstić information content (AvgIpc) is 3.40. The molecule has 0 unspecified atom stereocenters. The Bertz CT molecular complexity index is 714. The lowest BCUT2D eigenvalue weighted by molar-refractivity contribution is -0.121. The summed E-state index contributed by atoms with van der Waals surface area (Å²) in [5.74, 6) is -0.112. The number of nitrogens with zero attached hydrogens (tertiary/aromatic N) is 1. The van der Waals surface area contributed by atoms with Crippen molar-refractivity contribution < 1.29 is 13.2 Å². The van der Waals surface area contributed by atoms with Crippen LogP contribution in [0, 0.1) is 0 Å². The zero-order chi connectivity index (χ0) is 17.9. The van der Waals surface area contributed by atoms with Crippen LogP contribution in [0.4, 0.5) is 0 Å². The molecule has 8 heteroatoms. The van der Waals surface area contributed by atoms with E-state index in [1.165, 1.54) is 25.0 Å². The van der Waals surface area contributed by atoms with Gasteiger partial charge in [0.15, 0.2) is 0 Å². The molecule has 6 nitrogen and oxygen atoms in total. The Balaban J connectivity index is 1.39. The molecule has 0 atom stereocenters. The van der Waals surface area contributed by atoms with Crippen LogP contribution in [0.2, 0.25) is 5.02 Å². The summed E-state index contributed by atoms with van der Waals surface area (Å²) < 4.78 is 26.8. The van der Waals surface area contributed by atoms with Crippen molar-refractivity contribution in [3.8, 4) is 0 Å². The Morgan fingerprint density at radius 2 is 1.92 bits per heavy atom. The molecule has 138 valence electrons. The SMILES string of the molecule is O=C(CCNS(=O)(=O)c1cccc(Cl)c1)NC1CCN(C2CC2)CC1. The first kappa shape index (κ1) is 18.6. The summed E-state index contributed by atoms with van der Waals surface area (Å²) in [6.45, 7) is 2.15. The fourth-order valence-corrected chi connectivity index (χ4v) is 4.50. The molecule has 2 aliphatic rings. The highest BCUT2D eigenvalue weighted by Gasteiger charge is 2.32. The fourth-order valence-electron chi connectivity index (χ4n) is 3.16. The molecular weight excluding hydrogens is 362 g/mol. The van der Waals surface area contributed by atoms with Gasteiger partial charge in [-0.3, -0.25) is 4.79 Å². The van der Waals surface area contributed by atoms with Gasteiger partial charge in [-0.25, -0.2) is 13.1 Å². The smallest absolute Gasteiger partial charge is 0.240 e. The largest absolute Gasteiger partial charge is 0.353 e. The highest BCUT2D eigenvalue weighted by Crippen LogP contribution is 2.29. The van der Waals surface area contributed by atoms with Crippen LogP contribution in [0.5, 0.6) is 0 Å². The number of benzene rings is 1. The molecule has 1 amide bonds. The number of rotatable bonds is 7. The second-order valence-electron chi connectivity index (χ2n) is 6.71. The van der Waals surface area contributed by atoms with Gasteiger partial charge in [-0.1, -0.05) is 17.7 Å². The van der Waals surface area contributed by atoms with Gasteiger partial charge < -0.3 is 10.2 Å². The van der Waals surface area contributed by atoms with Crippen LogP contribution in [0.1, 0.15) is 32.1 Å². The van der Waals surface area contributed by atoms with E-state index in [9.17, 15) is 13.2 Å². The van der Waals surface area contributed by atoms with Crippen molar-refractivity contribution in [2.75, 3.05) is 19.6 Å². The van der Waals surface area contributed by atoms with Crippen molar-refractivity contribution in [3.05, 3.63) is 29.3 Å². The molecular formula is C17H24ClN3O3S. The lowest BCUT2D eigenvalue weighted by atomic mass is 10.0. The van der Waals surface area contributed by atoms with Crippen LogP contribution in [0.3, 0.4) is 0 Å². The zero-order valence-corrected chi connectivity index (χ0v) is 15.7. The Morgan fingerprint density at radius 1 is 1.20 bits per heavy atom. The summed E-state index contributed by atoms with van der Waals surface area (Å²) in [6.07, 6.45) is 4.68. The van der Waals surface area contributed by atoms with Gasteiger partial charge in [0, 0.05) is 43.2 Å². The standard InChI is InChI=1S/C17H24ClN3O3S/c18-13-2-1-3-16(12-13)25(23,24)19-9-6-17(22)20-14-7-10-21(11-8-14)15-4-5-15/h1-3,12,14-15,19H,4-11H2,(H,20,22). The summed E-state index contributed by atoms with van der Waals surface area (Å²) in [4.78, 5) is 14.6. The number of carbonyl (C=O) groups excluding carboxylic acids is 1. The van der Waals surface area contributed by atoms with E-state index in [2.05, 4.69) is 14.9 Å². The van der Waals surface area contributed by atoms with E-state index in [0.717, 1.165) is 32.0 Å². The maximum absolute atomic E-state index is 12.2. The second kappa shape index (κ2) is 8.03. The van der Waals surface area contributed by atoms with Gasteiger partial charge in [0.2, 0.25) is 15.9 Å². The Kier molecular flexibility index (Phi) is 5.99. The molecule has 1 saturated heterocycles. The second-order valence-corrected chi connectivity index (χ2v) is 8.92. The number of carbonyl (C=O) groups is 1. The van der Waals surface area contributed by atoms with E-state index < -0.39 is 10.0 Å². The van der Waals surface area contributed by atoms with Gasteiger partial charge in [-0.15, -0.1) is 0 Å². The minimum absolute atomic E-state index is 0.0710. The minimum Gasteiger partial charge on any atom is -0.353 e. The molecule has 1 saturated carbocycles. The molecule has 1 aliphatic carbocycles. The molecule has 1 aromatic carbocycles. The van der Waals surface area contributed by atoms with Crippen LogP contribution in [0.25, 0.3) is 0 Å². The monoisotopic (exact) mass is 385 g/mol. The topological polar surface area (TPSA) is 78.5 Å². The fraction of sp³-hybridized carbons (Fsp3) is 0.588. The number of sulfonamides is 1. The molecule has 0 bridgehead atoms. The van der Waals surface area contributed by atoms with Gasteiger partial charge in [0.1, 0.15) is 0 Å². The van der Waals surface area contributed by atoms with E-state index in [1.54, 1.807) is 12.1 Å². The third-order valence-electron chi connectivity index (χ3n) is 4.71. The Morgan fingerprint density at radius 3 is 2.56 bits per heavy atom. The summed E-state index contributed by atoms with van der Waals surface area (Å²) in [6, 6.07) is 7.03. The minimum atomic E-state index is -3.64. The van der Waals surface area contributed by atoms with E-state index in [0.29, 0.717) is 5.02 Å². The normalized spacial score (nSPS) is 19.7. The average molecular weight is 386 g/mol. The predicted molar refractivity (Wildman–Crippen MR) is 97.0 cm³/mol. The van der Waals surface area contributed by atoms with E-state index >= 15 is 0 Å². The van der Waals surface area contributed by atoms with Gasteiger partial charge >= 0.3 is 0 Å². The highest BCUT2D eigenvalue weighted by atomic mass is 35.5. The van der Waals surface area contributed by atoms with Crippen LogP contribution in [-0.2, 0) is 14.8 Å². The summed E-state index contributed by atoms with van der Waals surface area (Å²) >= 11 is 5.82. The summed E-state index contributed by atoms with van der Waals surface area (Å²) in [5.41, 5.74) is 0. The van der Waals surface area contributed by atoms with Crippen molar-refractivity contribution in [1.29, 1.82) is 0 Å². The number of piperidine rings is 1. The Hall–Kier alpha value is -1.15. The van der Waals surface area contributed by atoms with Gasteiger partial charge in [0.25, 0.3) is 0 Å². The number of likely N-dealkylation sites (tertiary alicyclic amines) is 1. The van der Waals surface area contributed by atoms with Crippen molar-refractivity contribution in [3.63, 3.8) is 0 Å². The number of hydrogen-bond acceptors (Lipinski definition) is 4. The quantitative estimate of drug-likeness (QED) is 0.749. The van der Waals surface area contributed by atoms with Crippen LogP contribution < -0.4 is 10.0 Å². The van der Waals surface area contributed by atoms with Gasteiger partial charge in [-0.05, 0) is 43.9 Å². The van der Waals surface area contributed by atoms with Crippen molar-refractivity contribution in [2.45, 2.75) is 49.1 Å². The molecule has 25 heavy (non-hydrogen) atoms. The molecule has 1 aromatic rings. The van der Waals surface area contributed by atoms with Crippen molar-refractivity contribution >= 4 is 27.5 Å². The van der Waals surface area contributed by atoms with Crippen LogP contribution in [0.15, 0.2) is 29.2 Å². The summed E-state index contributed by atoms with van der Waals surface area (Å²) in [7, 11) is -3.64. The maximum atomic E-state index is 12.2. The third-order valence-corrected chi connectivity index (χ3v) is 6.40. The first-order valence-electron chi connectivity index (χ1n) is 8.73. The number of hydrogen-bond donors (Lipinski definition) is 2. The van der Waals surface area contributed by atoms with Crippen LogP contribution in [-0.4, -0.2) is 50.9 Å². The highest BCUT2D eigenvalue weighted by molar-refractivity contribution is 7.89. The molecule has 0 spiro atoms. The first-order chi connectivity index (χ1) is 11.9. The molecule has 0 radical (unpaired) electrons. The number of amides is 1. The van der Waals surface area contributed by atoms with E-state index in [4.69, 9.17) is 11.6 Å². The molecule has 2 fully saturated rings. The molecule has 1 aliphatic heterocycles. The zero-order valence-electron chi connectivity index (χ0n) is 14.1. The first-order valence-corrected chi connectivity index (χ1v) is 10.6. The van der Waals surface area contributed by atoms with Crippen molar-refractivity contribution in [2.24, 2.45) is 0 Å². The predicted octanol–water partition coefficient (Wildman–Crippen LogP) is 1.75. The molecule has 3 rings (SSSR count).